The number of alkyl halides is 3. The van der Waals surface area contributed by atoms with Gasteiger partial charge in [0.05, 0.1) is 22.5 Å². The lowest BCUT2D eigenvalue weighted by atomic mass is 10.1. The monoisotopic (exact) mass is 518 g/mol. The van der Waals surface area contributed by atoms with Crippen LogP contribution in [0.3, 0.4) is 0 Å². The van der Waals surface area contributed by atoms with E-state index in [9.17, 15) is 18.0 Å². The van der Waals surface area contributed by atoms with Gasteiger partial charge in [0.1, 0.15) is 12.3 Å². The highest BCUT2D eigenvalue weighted by molar-refractivity contribution is 5.66. The van der Waals surface area contributed by atoms with Gasteiger partial charge in [-0.05, 0) is 80.8 Å². The molecule has 2 aromatic carbocycles. The van der Waals surface area contributed by atoms with Crippen LogP contribution in [0.5, 0.6) is 5.75 Å². The summed E-state index contributed by atoms with van der Waals surface area (Å²) in [5.74, 6) is 0.344. The summed E-state index contributed by atoms with van der Waals surface area (Å²) >= 11 is 0. The number of fused-ring (bicyclic) bond motifs is 1. The second kappa shape index (κ2) is 9.48. The van der Waals surface area contributed by atoms with Crippen LogP contribution in [0, 0.1) is 27.7 Å². The number of aryl methyl sites for hydroxylation is 4. The Kier molecular flexibility index (Phi) is 6.30. The van der Waals surface area contributed by atoms with Gasteiger partial charge in [-0.3, -0.25) is 9.20 Å². The standard InChI is InChI=1S/C29H25F3N4O2/c1-17-7-8-18(2)24(14-17)36-19(3)15-23(34-36)26-20(4)33-27-25(6-5-13-35(27)28(26)37)38-16-21-9-11-22(12-10-21)29(30,31)32/h5-15H,16H2,1-4H3. The van der Waals surface area contributed by atoms with Crippen molar-refractivity contribution < 1.29 is 17.9 Å². The lowest BCUT2D eigenvalue weighted by molar-refractivity contribution is -0.137. The highest BCUT2D eigenvalue weighted by Gasteiger charge is 2.30. The van der Waals surface area contributed by atoms with Crippen LogP contribution in [0.15, 0.2) is 71.7 Å². The Labute approximate surface area is 217 Å². The first-order valence-electron chi connectivity index (χ1n) is 12.0. The minimum absolute atomic E-state index is 0.0218. The Morgan fingerprint density at radius 2 is 1.68 bits per heavy atom. The van der Waals surface area contributed by atoms with E-state index in [1.54, 1.807) is 25.3 Å². The summed E-state index contributed by atoms with van der Waals surface area (Å²) in [5, 5.41) is 4.76. The van der Waals surface area contributed by atoms with E-state index in [1.165, 1.54) is 16.5 Å². The molecule has 0 saturated heterocycles. The average Bonchev–Trinajstić information content (AvgIpc) is 3.24. The predicted molar refractivity (Wildman–Crippen MR) is 139 cm³/mol. The third-order valence-electron chi connectivity index (χ3n) is 6.41. The molecule has 3 heterocycles. The lowest BCUT2D eigenvalue weighted by Crippen LogP contribution is -2.19. The molecule has 0 fully saturated rings. The molecule has 9 heteroatoms. The van der Waals surface area contributed by atoms with E-state index >= 15 is 0 Å². The lowest BCUT2D eigenvalue weighted by Gasteiger charge is -2.12. The summed E-state index contributed by atoms with van der Waals surface area (Å²) in [7, 11) is 0. The fourth-order valence-electron chi connectivity index (χ4n) is 4.39. The molecule has 38 heavy (non-hydrogen) atoms. The SMILES string of the molecule is Cc1ccc(C)c(-n2nc(-c3c(C)nc4c(OCc5ccc(C(F)(F)F)cc5)cccn4c3=O)cc2C)c1. The van der Waals surface area contributed by atoms with Gasteiger partial charge in [-0.15, -0.1) is 0 Å². The molecule has 0 aliphatic heterocycles. The van der Waals surface area contributed by atoms with Gasteiger partial charge in [0.2, 0.25) is 0 Å². The fourth-order valence-corrected chi connectivity index (χ4v) is 4.39. The zero-order chi connectivity index (χ0) is 27.2. The number of nitrogens with zero attached hydrogens (tertiary/aromatic N) is 4. The van der Waals surface area contributed by atoms with Crippen LogP contribution in [-0.4, -0.2) is 19.2 Å². The van der Waals surface area contributed by atoms with Crippen molar-refractivity contribution in [2.24, 2.45) is 0 Å². The Morgan fingerprint density at radius 3 is 2.39 bits per heavy atom. The van der Waals surface area contributed by atoms with Gasteiger partial charge >= 0.3 is 6.18 Å². The van der Waals surface area contributed by atoms with Crippen molar-refractivity contribution in [3.8, 4) is 22.7 Å². The Morgan fingerprint density at radius 1 is 0.947 bits per heavy atom. The zero-order valence-corrected chi connectivity index (χ0v) is 21.3. The molecule has 5 aromatic rings. The van der Waals surface area contributed by atoms with Gasteiger partial charge in [0, 0.05) is 11.9 Å². The van der Waals surface area contributed by atoms with Crippen LogP contribution >= 0.6 is 0 Å². The van der Waals surface area contributed by atoms with Gasteiger partial charge in [-0.2, -0.15) is 18.3 Å². The van der Waals surface area contributed by atoms with Crippen LogP contribution in [0.25, 0.3) is 22.6 Å². The molecule has 0 bridgehead atoms. The molecular formula is C29H25F3N4O2. The molecule has 0 radical (unpaired) electrons. The number of hydrogen-bond acceptors (Lipinski definition) is 4. The zero-order valence-electron chi connectivity index (χ0n) is 21.3. The first-order chi connectivity index (χ1) is 18.0. The smallest absolute Gasteiger partial charge is 0.416 e. The summed E-state index contributed by atoms with van der Waals surface area (Å²) in [5.41, 5.74) is 5.24. The molecule has 0 aliphatic rings. The molecular weight excluding hydrogens is 493 g/mol. The molecule has 0 N–H and O–H groups in total. The second-order valence-corrected chi connectivity index (χ2v) is 9.30. The summed E-state index contributed by atoms with van der Waals surface area (Å²) in [4.78, 5) is 18.3. The maximum Gasteiger partial charge on any atom is 0.416 e. The van der Waals surface area contributed by atoms with Crippen molar-refractivity contribution in [3.63, 3.8) is 0 Å². The van der Waals surface area contributed by atoms with E-state index < -0.39 is 11.7 Å². The first kappa shape index (κ1) is 25.3. The number of hydrogen-bond donors (Lipinski definition) is 0. The molecule has 3 aromatic heterocycles. The van der Waals surface area contributed by atoms with E-state index in [0.717, 1.165) is 34.6 Å². The van der Waals surface area contributed by atoms with E-state index in [2.05, 4.69) is 11.1 Å². The highest BCUT2D eigenvalue weighted by Crippen LogP contribution is 2.30. The van der Waals surface area contributed by atoms with Crippen molar-refractivity contribution in [2.45, 2.75) is 40.5 Å². The summed E-state index contributed by atoms with van der Waals surface area (Å²) in [6.45, 7) is 7.74. The van der Waals surface area contributed by atoms with Crippen molar-refractivity contribution in [2.75, 3.05) is 0 Å². The Hall–Kier alpha value is -4.40. The Balaban J connectivity index is 1.50. The second-order valence-electron chi connectivity index (χ2n) is 9.30. The number of benzene rings is 2. The molecule has 6 nitrogen and oxygen atoms in total. The predicted octanol–water partition coefficient (Wildman–Crippen LogP) is 6.38. The van der Waals surface area contributed by atoms with E-state index in [1.807, 2.05) is 43.7 Å². The van der Waals surface area contributed by atoms with E-state index in [4.69, 9.17) is 9.84 Å². The molecule has 0 aliphatic carbocycles. The number of ether oxygens (including phenoxy) is 1. The number of rotatable bonds is 5. The van der Waals surface area contributed by atoms with Crippen LogP contribution in [-0.2, 0) is 12.8 Å². The van der Waals surface area contributed by atoms with Crippen molar-refractivity contribution >= 4 is 5.65 Å². The largest absolute Gasteiger partial charge is 0.485 e. The van der Waals surface area contributed by atoms with Gasteiger partial charge in [-0.25, -0.2) is 9.67 Å². The summed E-state index contributed by atoms with van der Waals surface area (Å²) < 4.78 is 47.6. The summed E-state index contributed by atoms with van der Waals surface area (Å²) in [6.07, 6.45) is -2.80. The Bertz CT molecular complexity index is 1720. The maximum absolute atomic E-state index is 13.6. The molecule has 0 saturated carbocycles. The topological polar surface area (TPSA) is 61.4 Å². The minimum Gasteiger partial charge on any atom is -0.485 e. The minimum atomic E-state index is -4.40. The fraction of sp³-hybridized carbons (Fsp3) is 0.207. The van der Waals surface area contributed by atoms with Gasteiger partial charge in [-0.1, -0.05) is 24.3 Å². The third kappa shape index (κ3) is 4.67. The van der Waals surface area contributed by atoms with Gasteiger partial charge in [0.15, 0.2) is 11.4 Å². The first-order valence-corrected chi connectivity index (χ1v) is 12.0. The van der Waals surface area contributed by atoms with Crippen LogP contribution in [0.4, 0.5) is 13.2 Å². The van der Waals surface area contributed by atoms with Gasteiger partial charge in [0.25, 0.3) is 5.56 Å². The van der Waals surface area contributed by atoms with Crippen LogP contribution in [0.2, 0.25) is 0 Å². The van der Waals surface area contributed by atoms with Gasteiger partial charge < -0.3 is 4.74 Å². The average molecular weight is 519 g/mol. The molecule has 5 rings (SSSR count). The normalized spacial score (nSPS) is 11.8. The number of halogens is 3. The van der Waals surface area contributed by atoms with Crippen LogP contribution in [0.1, 0.15) is 33.6 Å². The van der Waals surface area contributed by atoms with Crippen molar-refractivity contribution in [1.29, 1.82) is 0 Å². The third-order valence-corrected chi connectivity index (χ3v) is 6.41. The summed E-state index contributed by atoms with van der Waals surface area (Å²) in [6, 6.07) is 16.1. The van der Waals surface area contributed by atoms with Crippen molar-refractivity contribution in [1.82, 2.24) is 19.2 Å². The number of aromatic nitrogens is 4. The molecule has 0 spiro atoms. The number of pyridine rings is 1. The van der Waals surface area contributed by atoms with E-state index in [-0.39, 0.29) is 12.2 Å². The quantitative estimate of drug-likeness (QED) is 0.271. The van der Waals surface area contributed by atoms with E-state index in [0.29, 0.717) is 33.9 Å². The molecule has 0 unspecified atom stereocenters. The van der Waals surface area contributed by atoms with Crippen LogP contribution < -0.4 is 10.3 Å². The molecule has 0 amide bonds. The van der Waals surface area contributed by atoms with Crippen molar-refractivity contribution in [3.05, 3.63) is 111 Å². The highest BCUT2D eigenvalue weighted by atomic mass is 19.4. The molecule has 194 valence electrons. The molecule has 0 atom stereocenters. The maximum atomic E-state index is 13.6.